The Bertz CT molecular complexity index is 471. The normalized spacial score (nSPS) is 22.6. The van der Waals surface area contributed by atoms with Crippen molar-refractivity contribution >= 4 is 5.97 Å². The number of carbonyl (C=O) groups is 1. The van der Waals surface area contributed by atoms with E-state index in [0.717, 1.165) is 11.1 Å². The van der Waals surface area contributed by atoms with E-state index in [0.29, 0.717) is 11.8 Å². The Morgan fingerprint density at radius 1 is 1.28 bits per heavy atom. The van der Waals surface area contributed by atoms with E-state index in [-0.39, 0.29) is 6.61 Å². The number of carboxylic acids is 1. The van der Waals surface area contributed by atoms with Gasteiger partial charge in [0.05, 0.1) is 6.61 Å². The minimum atomic E-state index is -1.09. The average molecular weight is 248 g/mol. The van der Waals surface area contributed by atoms with Crippen LogP contribution in [-0.4, -0.2) is 17.7 Å². The van der Waals surface area contributed by atoms with Gasteiger partial charge in [-0.05, 0) is 23.0 Å². The van der Waals surface area contributed by atoms with Crippen molar-refractivity contribution in [3.8, 4) is 0 Å². The second kappa shape index (κ2) is 4.39. The molecule has 18 heavy (non-hydrogen) atoms. The summed E-state index contributed by atoms with van der Waals surface area (Å²) < 4.78 is 5.27. The standard InChI is InChI=1S/C15H20O3/c1-9(2)11-6-5-7-12(13(11)10(3)4)15(8-18-15)14(16)17/h5-7,9-10H,8H2,1-4H3,(H,16,17). The lowest BCUT2D eigenvalue weighted by atomic mass is 9.82. The number of ether oxygens (including phenoxy) is 1. The molecule has 0 aromatic heterocycles. The lowest BCUT2D eigenvalue weighted by Gasteiger charge is -2.22. The van der Waals surface area contributed by atoms with E-state index in [1.165, 1.54) is 5.56 Å². The molecule has 3 heteroatoms. The molecule has 1 unspecified atom stereocenters. The third kappa shape index (κ3) is 1.93. The fraction of sp³-hybridized carbons (Fsp3) is 0.533. The molecule has 1 heterocycles. The molecular formula is C15H20O3. The summed E-state index contributed by atoms with van der Waals surface area (Å²) in [6.45, 7) is 8.74. The third-order valence-corrected chi connectivity index (χ3v) is 3.55. The van der Waals surface area contributed by atoms with Crippen molar-refractivity contribution in [2.75, 3.05) is 6.61 Å². The number of epoxide rings is 1. The molecule has 1 aliphatic heterocycles. The fourth-order valence-electron chi connectivity index (χ4n) is 2.55. The molecule has 1 aliphatic rings. The van der Waals surface area contributed by atoms with Crippen LogP contribution in [0.3, 0.4) is 0 Å². The second-order valence-electron chi connectivity index (χ2n) is 5.54. The number of hydrogen-bond donors (Lipinski definition) is 1. The highest BCUT2D eigenvalue weighted by Gasteiger charge is 2.55. The first kappa shape index (κ1) is 13.1. The van der Waals surface area contributed by atoms with Crippen molar-refractivity contribution < 1.29 is 14.6 Å². The average Bonchev–Trinajstić information content (AvgIpc) is 3.08. The maximum Gasteiger partial charge on any atom is 0.343 e. The minimum absolute atomic E-state index is 0.281. The topological polar surface area (TPSA) is 49.8 Å². The fourth-order valence-corrected chi connectivity index (χ4v) is 2.55. The molecule has 1 aromatic rings. The van der Waals surface area contributed by atoms with E-state index >= 15 is 0 Å². The summed E-state index contributed by atoms with van der Waals surface area (Å²) in [6, 6.07) is 5.91. The molecule has 0 radical (unpaired) electrons. The number of hydrogen-bond acceptors (Lipinski definition) is 2. The van der Waals surface area contributed by atoms with Crippen LogP contribution in [0.2, 0.25) is 0 Å². The van der Waals surface area contributed by atoms with Gasteiger partial charge in [-0.25, -0.2) is 4.79 Å². The first-order valence-corrected chi connectivity index (χ1v) is 6.40. The molecule has 2 rings (SSSR count). The quantitative estimate of drug-likeness (QED) is 0.832. The summed E-state index contributed by atoms with van der Waals surface area (Å²) in [7, 11) is 0. The van der Waals surface area contributed by atoms with Crippen LogP contribution in [0.1, 0.15) is 56.2 Å². The molecule has 1 N–H and O–H groups in total. The van der Waals surface area contributed by atoms with Crippen molar-refractivity contribution in [1.29, 1.82) is 0 Å². The maximum atomic E-state index is 11.4. The van der Waals surface area contributed by atoms with Crippen molar-refractivity contribution in [1.82, 2.24) is 0 Å². The minimum Gasteiger partial charge on any atom is -0.479 e. The van der Waals surface area contributed by atoms with Gasteiger partial charge >= 0.3 is 5.97 Å². The van der Waals surface area contributed by atoms with E-state index in [1.807, 2.05) is 12.1 Å². The molecule has 0 amide bonds. The molecule has 1 saturated heterocycles. The molecule has 1 atom stereocenters. The summed E-state index contributed by atoms with van der Waals surface area (Å²) in [5, 5.41) is 9.37. The molecule has 0 spiro atoms. The summed E-state index contributed by atoms with van der Waals surface area (Å²) in [5.74, 6) is -0.212. The zero-order valence-electron chi connectivity index (χ0n) is 11.4. The largest absolute Gasteiger partial charge is 0.479 e. The van der Waals surface area contributed by atoms with Gasteiger partial charge in [0.15, 0.2) is 0 Å². The molecule has 98 valence electrons. The van der Waals surface area contributed by atoms with Crippen molar-refractivity contribution in [2.24, 2.45) is 0 Å². The van der Waals surface area contributed by atoms with Gasteiger partial charge in [-0.2, -0.15) is 0 Å². The van der Waals surface area contributed by atoms with Crippen LogP contribution in [0.4, 0.5) is 0 Å². The highest BCUT2D eigenvalue weighted by atomic mass is 16.6. The second-order valence-corrected chi connectivity index (χ2v) is 5.54. The Morgan fingerprint density at radius 2 is 1.89 bits per heavy atom. The Morgan fingerprint density at radius 3 is 2.28 bits per heavy atom. The maximum absolute atomic E-state index is 11.4. The summed E-state index contributed by atoms with van der Waals surface area (Å²) in [4.78, 5) is 11.4. The monoisotopic (exact) mass is 248 g/mol. The SMILES string of the molecule is CC(C)c1cccc(C2(C(=O)O)CO2)c1C(C)C. The van der Waals surface area contributed by atoms with Crippen LogP contribution >= 0.6 is 0 Å². The number of benzene rings is 1. The van der Waals surface area contributed by atoms with Gasteiger partial charge in [-0.3, -0.25) is 0 Å². The zero-order chi connectivity index (χ0) is 13.5. The van der Waals surface area contributed by atoms with Gasteiger partial charge in [0.1, 0.15) is 0 Å². The van der Waals surface area contributed by atoms with Gasteiger partial charge in [-0.1, -0.05) is 45.9 Å². The van der Waals surface area contributed by atoms with Gasteiger partial charge in [-0.15, -0.1) is 0 Å². The highest BCUT2D eigenvalue weighted by molar-refractivity contribution is 5.83. The van der Waals surface area contributed by atoms with Crippen LogP contribution in [0.15, 0.2) is 18.2 Å². The van der Waals surface area contributed by atoms with E-state index in [2.05, 4.69) is 33.8 Å². The molecule has 1 fully saturated rings. The van der Waals surface area contributed by atoms with Gasteiger partial charge in [0, 0.05) is 5.56 Å². The Labute approximate surface area is 108 Å². The van der Waals surface area contributed by atoms with Crippen molar-refractivity contribution in [3.05, 3.63) is 34.9 Å². The van der Waals surface area contributed by atoms with Crippen molar-refractivity contribution in [2.45, 2.75) is 45.1 Å². The molecular weight excluding hydrogens is 228 g/mol. The number of carboxylic acid groups (broad SMARTS) is 1. The van der Waals surface area contributed by atoms with Gasteiger partial charge in [0.25, 0.3) is 0 Å². The molecule has 1 aromatic carbocycles. The van der Waals surface area contributed by atoms with Crippen LogP contribution < -0.4 is 0 Å². The smallest absolute Gasteiger partial charge is 0.343 e. The summed E-state index contributed by atoms with van der Waals surface area (Å²) >= 11 is 0. The van der Waals surface area contributed by atoms with Crippen LogP contribution in [0, 0.1) is 0 Å². The molecule has 0 aliphatic carbocycles. The molecule has 0 saturated carbocycles. The van der Waals surface area contributed by atoms with Gasteiger partial charge in [0.2, 0.25) is 5.60 Å². The van der Waals surface area contributed by atoms with E-state index in [4.69, 9.17) is 4.74 Å². The number of aliphatic carboxylic acids is 1. The summed E-state index contributed by atoms with van der Waals surface area (Å²) in [6.07, 6.45) is 0. The Balaban J connectivity index is 2.61. The van der Waals surface area contributed by atoms with E-state index < -0.39 is 11.6 Å². The summed E-state index contributed by atoms with van der Waals surface area (Å²) in [5.41, 5.74) is 2.09. The Hall–Kier alpha value is -1.35. The first-order valence-electron chi connectivity index (χ1n) is 6.40. The zero-order valence-corrected chi connectivity index (χ0v) is 11.4. The van der Waals surface area contributed by atoms with Crippen LogP contribution in [-0.2, 0) is 15.1 Å². The third-order valence-electron chi connectivity index (χ3n) is 3.55. The van der Waals surface area contributed by atoms with E-state index in [1.54, 1.807) is 0 Å². The molecule has 3 nitrogen and oxygen atoms in total. The predicted molar refractivity (Wildman–Crippen MR) is 69.9 cm³/mol. The molecule has 0 bridgehead atoms. The van der Waals surface area contributed by atoms with Crippen LogP contribution in [0.25, 0.3) is 0 Å². The lowest BCUT2D eigenvalue weighted by Crippen LogP contribution is -2.24. The lowest BCUT2D eigenvalue weighted by molar-refractivity contribution is -0.143. The predicted octanol–water partition coefficient (Wildman–Crippen LogP) is 3.24. The van der Waals surface area contributed by atoms with Crippen LogP contribution in [0.5, 0.6) is 0 Å². The number of rotatable bonds is 4. The Kier molecular flexibility index (Phi) is 3.20. The van der Waals surface area contributed by atoms with E-state index in [9.17, 15) is 9.90 Å². The van der Waals surface area contributed by atoms with Gasteiger partial charge < -0.3 is 9.84 Å². The first-order chi connectivity index (χ1) is 8.40. The van der Waals surface area contributed by atoms with Crippen molar-refractivity contribution in [3.63, 3.8) is 0 Å². The highest BCUT2D eigenvalue weighted by Crippen LogP contribution is 2.44.